The van der Waals surface area contributed by atoms with Crippen molar-refractivity contribution in [1.82, 2.24) is 29.5 Å². The predicted octanol–water partition coefficient (Wildman–Crippen LogP) is 14.8. The molecule has 0 saturated heterocycles. The van der Waals surface area contributed by atoms with Crippen LogP contribution in [-0.4, -0.2) is 29.5 Å². The number of hydrogen-bond donors (Lipinski definition) is 0. The SMILES string of the molecule is N#Cc1cccc(-c2ccc3c(c2)c2cc(-c4cccc(C#N)c4)ccc2n3-c2ccc(-c3cc(-c4ccccc4)nc(-c4ccccc4)n3)cc2-c2nc(-c3ccccc3)nc(-c3ccccc3)n2)c1. The molecule has 71 heavy (non-hydrogen) atoms. The summed E-state index contributed by atoms with van der Waals surface area (Å²) in [6.07, 6.45) is 0. The lowest BCUT2D eigenvalue weighted by atomic mass is 9.99. The van der Waals surface area contributed by atoms with Gasteiger partial charge in [-0.3, -0.25) is 0 Å². The van der Waals surface area contributed by atoms with Crippen molar-refractivity contribution in [3.8, 4) is 108 Å². The van der Waals surface area contributed by atoms with E-state index in [1.807, 2.05) is 164 Å². The Labute approximate surface area is 409 Å². The van der Waals surface area contributed by atoms with Gasteiger partial charge in [0.1, 0.15) is 0 Å². The molecule has 0 amide bonds. The van der Waals surface area contributed by atoms with Crippen LogP contribution in [0.2, 0.25) is 0 Å². The molecule has 0 aliphatic heterocycles. The van der Waals surface area contributed by atoms with E-state index in [2.05, 4.69) is 83.4 Å². The van der Waals surface area contributed by atoms with Crippen molar-refractivity contribution in [2.45, 2.75) is 0 Å². The second-order valence-corrected chi connectivity index (χ2v) is 17.1. The summed E-state index contributed by atoms with van der Waals surface area (Å²) in [4.78, 5) is 26.0. The first-order valence-corrected chi connectivity index (χ1v) is 23.2. The summed E-state index contributed by atoms with van der Waals surface area (Å²) in [6, 6.07) is 81.6. The zero-order valence-corrected chi connectivity index (χ0v) is 38.0. The lowest BCUT2D eigenvalue weighted by Crippen LogP contribution is -2.04. The van der Waals surface area contributed by atoms with Crippen LogP contribution >= 0.6 is 0 Å². The van der Waals surface area contributed by atoms with Gasteiger partial charge in [-0.05, 0) is 89.0 Å². The van der Waals surface area contributed by atoms with Crippen LogP contribution in [-0.2, 0) is 0 Å². The van der Waals surface area contributed by atoms with Gasteiger partial charge in [0.15, 0.2) is 23.3 Å². The largest absolute Gasteiger partial charge is 0.308 e. The van der Waals surface area contributed by atoms with Crippen molar-refractivity contribution >= 4 is 21.8 Å². The predicted molar refractivity (Wildman–Crippen MR) is 283 cm³/mol. The normalized spacial score (nSPS) is 11.1. The van der Waals surface area contributed by atoms with Crippen LogP contribution in [0.15, 0.2) is 231 Å². The number of aromatic nitrogens is 6. The number of nitrogens with zero attached hydrogens (tertiary/aromatic N) is 8. The molecule has 9 aromatic carbocycles. The smallest absolute Gasteiger partial charge is 0.166 e. The molecule has 3 aromatic heterocycles. The maximum absolute atomic E-state index is 9.84. The average molecular weight is 907 g/mol. The highest BCUT2D eigenvalue weighted by Gasteiger charge is 2.22. The topological polar surface area (TPSA) is 117 Å². The Morgan fingerprint density at radius 3 is 1.17 bits per heavy atom. The van der Waals surface area contributed by atoms with Gasteiger partial charge in [0, 0.05) is 44.2 Å². The van der Waals surface area contributed by atoms with Gasteiger partial charge < -0.3 is 4.57 Å². The quantitative estimate of drug-likeness (QED) is 0.142. The third-order valence-corrected chi connectivity index (χ3v) is 12.7. The number of rotatable bonds is 9. The molecule has 3 heterocycles. The molecular weight excluding hydrogens is 869 g/mol. The molecule has 8 nitrogen and oxygen atoms in total. The van der Waals surface area contributed by atoms with E-state index in [1.165, 1.54) is 0 Å². The van der Waals surface area contributed by atoms with Crippen molar-refractivity contribution in [2.24, 2.45) is 0 Å². The summed E-state index contributed by atoms with van der Waals surface area (Å²) in [5, 5.41) is 21.7. The van der Waals surface area contributed by atoms with Crippen molar-refractivity contribution in [1.29, 1.82) is 10.5 Å². The Hall–Kier alpha value is -10.2. The Morgan fingerprint density at radius 1 is 0.296 bits per heavy atom. The maximum Gasteiger partial charge on any atom is 0.166 e. The second kappa shape index (κ2) is 18.2. The van der Waals surface area contributed by atoms with Crippen LogP contribution in [0.1, 0.15) is 11.1 Å². The van der Waals surface area contributed by atoms with Gasteiger partial charge in [-0.15, -0.1) is 0 Å². The van der Waals surface area contributed by atoms with Crippen LogP contribution in [0.25, 0.3) is 118 Å². The number of nitriles is 2. The van der Waals surface area contributed by atoms with Crippen LogP contribution in [0, 0.1) is 22.7 Å². The molecule has 0 atom stereocenters. The highest BCUT2D eigenvalue weighted by molar-refractivity contribution is 6.12. The van der Waals surface area contributed by atoms with Gasteiger partial charge in [-0.25, -0.2) is 24.9 Å². The molecule has 8 heteroatoms. The van der Waals surface area contributed by atoms with Gasteiger partial charge in [0.2, 0.25) is 0 Å². The lowest BCUT2D eigenvalue weighted by Gasteiger charge is -2.17. The fraction of sp³-hybridized carbons (Fsp3) is 0. The van der Waals surface area contributed by atoms with Gasteiger partial charge in [0.05, 0.1) is 51.4 Å². The Morgan fingerprint density at radius 2 is 0.690 bits per heavy atom. The monoisotopic (exact) mass is 906 g/mol. The number of fused-ring (bicyclic) bond motifs is 3. The first-order valence-electron chi connectivity index (χ1n) is 23.2. The van der Waals surface area contributed by atoms with Crippen LogP contribution in [0.5, 0.6) is 0 Å². The highest BCUT2D eigenvalue weighted by Crippen LogP contribution is 2.41. The van der Waals surface area contributed by atoms with Gasteiger partial charge in [-0.1, -0.05) is 164 Å². The van der Waals surface area contributed by atoms with E-state index in [0.717, 1.165) is 94.5 Å². The summed E-state index contributed by atoms with van der Waals surface area (Å²) in [6.45, 7) is 0. The van der Waals surface area contributed by atoms with E-state index in [9.17, 15) is 10.5 Å². The molecule has 0 unspecified atom stereocenters. The summed E-state index contributed by atoms with van der Waals surface area (Å²) in [7, 11) is 0. The molecular formula is C63H38N8. The highest BCUT2D eigenvalue weighted by atomic mass is 15.1. The minimum absolute atomic E-state index is 0.486. The molecule has 0 aliphatic carbocycles. The van der Waals surface area contributed by atoms with Crippen LogP contribution < -0.4 is 0 Å². The molecule has 0 radical (unpaired) electrons. The first kappa shape index (κ1) is 42.2. The average Bonchev–Trinajstić information content (AvgIpc) is 3.78. The molecule has 0 aliphatic rings. The maximum atomic E-state index is 9.84. The van der Waals surface area contributed by atoms with Crippen LogP contribution in [0.4, 0.5) is 0 Å². The van der Waals surface area contributed by atoms with E-state index in [4.69, 9.17) is 24.9 Å². The zero-order chi connectivity index (χ0) is 47.7. The molecule has 12 rings (SSSR count). The summed E-state index contributed by atoms with van der Waals surface area (Å²) in [5.41, 5.74) is 14.5. The van der Waals surface area contributed by atoms with Crippen LogP contribution in [0.3, 0.4) is 0 Å². The molecule has 330 valence electrons. The Bertz CT molecular complexity index is 3830. The summed E-state index contributed by atoms with van der Waals surface area (Å²) < 4.78 is 2.29. The third kappa shape index (κ3) is 8.14. The Kier molecular flexibility index (Phi) is 10.8. The molecule has 12 aromatic rings. The minimum atomic E-state index is 0.486. The molecule has 0 fully saturated rings. The van der Waals surface area contributed by atoms with E-state index in [0.29, 0.717) is 34.4 Å². The van der Waals surface area contributed by atoms with Crippen molar-refractivity contribution in [3.05, 3.63) is 242 Å². The molecule has 0 spiro atoms. The first-order chi connectivity index (χ1) is 35.1. The van der Waals surface area contributed by atoms with Gasteiger partial charge in [-0.2, -0.15) is 10.5 Å². The fourth-order valence-corrected chi connectivity index (χ4v) is 9.25. The van der Waals surface area contributed by atoms with Crippen molar-refractivity contribution in [2.75, 3.05) is 0 Å². The summed E-state index contributed by atoms with van der Waals surface area (Å²) >= 11 is 0. The van der Waals surface area contributed by atoms with E-state index in [-0.39, 0.29) is 0 Å². The second-order valence-electron chi connectivity index (χ2n) is 17.1. The van der Waals surface area contributed by atoms with E-state index < -0.39 is 0 Å². The van der Waals surface area contributed by atoms with Crippen molar-refractivity contribution in [3.63, 3.8) is 0 Å². The van der Waals surface area contributed by atoms with E-state index in [1.54, 1.807) is 0 Å². The third-order valence-electron chi connectivity index (χ3n) is 12.7. The molecule has 0 saturated carbocycles. The minimum Gasteiger partial charge on any atom is -0.308 e. The van der Waals surface area contributed by atoms with Gasteiger partial charge >= 0.3 is 0 Å². The Balaban J connectivity index is 1.15. The summed E-state index contributed by atoms with van der Waals surface area (Å²) in [5.74, 6) is 2.18. The fourth-order valence-electron chi connectivity index (χ4n) is 9.25. The molecule has 0 N–H and O–H groups in total. The molecule has 0 bridgehead atoms. The zero-order valence-electron chi connectivity index (χ0n) is 38.0. The number of hydrogen-bond acceptors (Lipinski definition) is 7. The van der Waals surface area contributed by atoms with Crippen molar-refractivity contribution < 1.29 is 0 Å². The van der Waals surface area contributed by atoms with E-state index >= 15 is 0 Å². The number of benzene rings is 9. The standard InChI is InChI=1S/C63H38N8/c64-39-41-15-13-25-47(33-41)49-27-30-57-52(35-49)53-36-50(48-26-14-16-42(34-48)40-65)28-31-58(53)71(57)59-32-29-51(56-38-55(43-17-5-1-6-18-43)66-60(67-56)44-19-7-2-8-20-44)37-54(59)63-69-61(45-21-9-3-10-22-45)68-62(70-63)46-23-11-4-12-24-46/h1-38H. The lowest BCUT2D eigenvalue weighted by molar-refractivity contribution is 1.06. The van der Waals surface area contributed by atoms with Gasteiger partial charge in [0.25, 0.3) is 0 Å².